The molecule has 0 aliphatic rings. The van der Waals surface area contributed by atoms with Gasteiger partial charge in [-0.1, -0.05) is 30.3 Å². The molecule has 1 unspecified atom stereocenters. The lowest BCUT2D eigenvalue weighted by molar-refractivity contribution is 0.343. The summed E-state index contributed by atoms with van der Waals surface area (Å²) in [5.41, 5.74) is 2.21. The molecule has 4 aromatic rings. The highest BCUT2D eigenvalue weighted by Gasteiger charge is 2.19. The second-order valence-electron chi connectivity index (χ2n) is 6.14. The molecule has 0 aliphatic heterocycles. The Morgan fingerprint density at radius 1 is 1.15 bits per heavy atom. The molecule has 0 radical (unpaired) electrons. The lowest BCUT2D eigenvalue weighted by Gasteiger charge is -2.13. The third-order valence-electron chi connectivity index (χ3n) is 4.33. The zero-order chi connectivity index (χ0) is 17.9. The molecule has 7 heteroatoms. The summed E-state index contributed by atoms with van der Waals surface area (Å²) in [4.78, 5) is 9.00. The van der Waals surface area contributed by atoms with Crippen LogP contribution in [0.4, 0.5) is 0 Å². The Morgan fingerprint density at radius 2 is 2.08 bits per heavy atom. The van der Waals surface area contributed by atoms with Crippen LogP contribution in [0.3, 0.4) is 0 Å². The molecule has 3 aromatic heterocycles. The maximum absolute atomic E-state index is 5.40. The van der Waals surface area contributed by atoms with E-state index in [0.717, 1.165) is 30.2 Å². The highest BCUT2D eigenvalue weighted by Crippen LogP contribution is 2.25. The van der Waals surface area contributed by atoms with E-state index in [2.05, 4.69) is 43.0 Å². The Bertz CT molecular complexity index is 985. The van der Waals surface area contributed by atoms with Crippen molar-refractivity contribution in [1.82, 2.24) is 29.5 Å². The highest BCUT2D eigenvalue weighted by molar-refractivity contribution is 5.57. The molecule has 7 nitrogen and oxygen atoms in total. The van der Waals surface area contributed by atoms with Crippen LogP contribution in [0.1, 0.15) is 37.2 Å². The minimum absolute atomic E-state index is 0.0879. The number of rotatable bonds is 6. The molecule has 132 valence electrons. The molecular formula is C19H20N6O. The zero-order valence-corrected chi connectivity index (χ0v) is 14.8. The summed E-state index contributed by atoms with van der Waals surface area (Å²) in [5, 5.41) is 8.26. The molecule has 1 atom stereocenters. The van der Waals surface area contributed by atoms with Gasteiger partial charge in [-0.15, -0.1) is 0 Å². The summed E-state index contributed by atoms with van der Waals surface area (Å²) in [6.45, 7) is 4.76. The van der Waals surface area contributed by atoms with Crippen molar-refractivity contribution >= 4 is 0 Å². The SMILES string of the molecule is CCc1noc(C(C)n2ccnc2-c2cccc(Cn3cccn3)c2)n1. The fraction of sp³-hybridized carbons (Fsp3) is 0.263. The molecule has 0 bridgehead atoms. The van der Waals surface area contributed by atoms with Crippen molar-refractivity contribution in [2.24, 2.45) is 0 Å². The predicted molar refractivity (Wildman–Crippen MR) is 96.5 cm³/mol. The summed E-state index contributed by atoms with van der Waals surface area (Å²) in [6, 6.07) is 10.2. The molecule has 3 heterocycles. The summed E-state index contributed by atoms with van der Waals surface area (Å²) in [5.74, 6) is 2.18. The van der Waals surface area contributed by atoms with E-state index in [4.69, 9.17) is 4.52 Å². The molecule has 0 aliphatic carbocycles. The van der Waals surface area contributed by atoms with Crippen LogP contribution in [0.2, 0.25) is 0 Å². The van der Waals surface area contributed by atoms with Gasteiger partial charge < -0.3 is 9.09 Å². The molecule has 0 fully saturated rings. The van der Waals surface area contributed by atoms with E-state index in [1.807, 2.05) is 43.1 Å². The summed E-state index contributed by atoms with van der Waals surface area (Å²) >= 11 is 0. The predicted octanol–water partition coefficient (Wildman–Crippen LogP) is 3.35. The summed E-state index contributed by atoms with van der Waals surface area (Å²) in [6.07, 6.45) is 8.23. The van der Waals surface area contributed by atoms with Crippen LogP contribution in [-0.2, 0) is 13.0 Å². The Balaban J connectivity index is 1.64. The van der Waals surface area contributed by atoms with E-state index < -0.39 is 0 Å². The van der Waals surface area contributed by atoms with Gasteiger partial charge in [0, 0.05) is 36.8 Å². The van der Waals surface area contributed by atoms with Gasteiger partial charge >= 0.3 is 0 Å². The van der Waals surface area contributed by atoms with Gasteiger partial charge in [-0.25, -0.2) is 4.98 Å². The molecule has 4 rings (SSSR count). The van der Waals surface area contributed by atoms with Crippen LogP contribution in [0.5, 0.6) is 0 Å². The average Bonchev–Trinajstić information content (AvgIpc) is 3.42. The van der Waals surface area contributed by atoms with Gasteiger partial charge in [0.05, 0.1) is 6.54 Å². The second-order valence-corrected chi connectivity index (χ2v) is 6.14. The zero-order valence-electron chi connectivity index (χ0n) is 14.8. The number of nitrogens with zero attached hydrogens (tertiary/aromatic N) is 6. The van der Waals surface area contributed by atoms with E-state index in [0.29, 0.717) is 5.89 Å². The highest BCUT2D eigenvalue weighted by atomic mass is 16.5. The Hall–Kier alpha value is -3.22. The van der Waals surface area contributed by atoms with Crippen molar-refractivity contribution in [2.45, 2.75) is 32.9 Å². The van der Waals surface area contributed by atoms with Gasteiger partial charge in [-0.2, -0.15) is 10.1 Å². The van der Waals surface area contributed by atoms with Gasteiger partial charge in [-0.3, -0.25) is 4.68 Å². The molecule has 0 saturated heterocycles. The normalized spacial score (nSPS) is 12.4. The first-order valence-electron chi connectivity index (χ1n) is 8.66. The first-order valence-corrected chi connectivity index (χ1v) is 8.66. The van der Waals surface area contributed by atoms with Gasteiger partial charge in [0.25, 0.3) is 0 Å². The number of hydrogen-bond acceptors (Lipinski definition) is 5. The number of benzene rings is 1. The van der Waals surface area contributed by atoms with Gasteiger partial charge in [0.1, 0.15) is 11.9 Å². The summed E-state index contributed by atoms with van der Waals surface area (Å²) in [7, 11) is 0. The van der Waals surface area contributed by atoms with Crippen molar-refractivity contribution in [3.05, 3.63) is 72.4 Å². The Kier molecular flexibility index (Phi) is 4.35. The molecule has 0 spiro atoms. The van der Waals surface area contributed by atoms with Crippen LogP contribution in [0.25, 0.3) is 11.4 Å². The molecule has 1 aromatic carbocycles. The van der Waals surface area contributed by atoms with Crippen LogP contribution in [0.15, 0.2) is 59.6 Å². The van der Waals surface area contributed by atoms with Crippen LogP contribution in [-0.4, -0.2) is 29.5 Å². The standard InChI is InChI=1S/C19H20N6O/c1-3-17-22-19(26-23-17)14(2)25-11-9-20-18(25)16-7-4-6-15(12-16)13-24-10-5-8-21-24/h4-12,14H,3,13H2,1-2H3. The van der Waals surface area contributed by atoms with Crippen molar-refractivity contribution in [3.63, 3.8) is 0 Å². The number of aryl methyl sites for hydroxylation is 1. The van der Waals surface area contributed by atoms with E-state index in [1.54, 1.807) is 12.4 Å². The van der Waals surface area contributed by atoms with E-state index in [1.165, 1.54) is 5.56 Å². The monoisotopic (exact) mass is 348 g/mol. The maximum atomic E-state index is 5.40. The molecule has 26 heavy (non-hydrogen) atoms. The minimum Gasteiger partial charge on any atom is -0.337 e. The quantitative estimate of drug-likeness (QED) is 0.534. The van der Waals surface area contributed by atoms with Crippen LogP contribution >= 0.6 is 0 Å². The van der Waals surface area contributed by atoms with E-state index in [-0.39, 0.29) is 6.04 Å². The number of aromatic nitrogens is 6. The first-order chi connectivity index (χ1) is 12.7. The molecular weight excluding hydrogens is 328 g/mol. The first kappa shape index (κ1) is 16.3. The van der Waals surface area contributed by atoms with Crippen molar-refractivity contribution in [1.29, 1.82) is 0 Å². The lowest BCUT2D eigenvalue weighted by atomic mass is 10.1. The largest absolute Gasteiger partial charge is 0.337 e. The Morgan fingerprint density at radius 3 is 2.85 bits per heavy atom. The third-order valence-corrected chi connectivity index (χ3v) is 4.33. The number of imidazole rings is 1. The Labute approximate surface area is 151 Å². The fourth-order valence-electron chi connectivity index (χ4n) is 2.94. The lowest BCUT2D eigenvalue weighted by Crippen LogP contribution is -2.08. The van der Waals surface area contributed by atoms with Crippen molar-refractivity contribution in [2.75, 3.05) is 0 Å². The smallest absolute Gasteiger partial charge is 0.249 e. The van der Waals surface area contributed by atoms with Gasteiger partial charge in [0.2, 0.25) is 5.89 Å². The molecule has 0 amide bonds. The molecule has 0 saturated carbocycles. The topological polar surface area (TPSA) is 74.6 Å². The van der Waals surface area contributed by atoms with Crippen LogP contribution < -0.4 is 0 Å². The van der Waals surface area contributed by atoms with E-state index in [9.17, 15) is 0 Å². The van der Waals surface area contributed by atoms with Gasteiger partial charge in [-0.05, 0) is 24.6 Å². The third kappa shape index (κ3) is 3.15. The average molecular weight is 348 g/mol. The molecule has 0 N–H and O–H groups in total. The van der Waals surface area contributed by atoms with Crippen molar-refractivity contribution < 1.29 is 4.52 Å². The second kappa shape index (κ2) is 6.95. The van der Waals surface area contributed by atoms with E-state index >= 15 is 0 Å². The van der Waals surface area contributed by atoms with Crippen molar-refractivity contribution in [3.8, 4) is 11.4 Å². The summed E-state index contributed by atoms with van der Waals surface area (Å²) < 4.78 is 9.36. The van der Waals surface area contributed by atoms with Crippen LogP contribution in [0, 0.1) is 0 Å². The minimum atomic E-state index is -0.0879. The van der Waals surface area contributed by atoms with Gasteiger partial charge in [0.15, 0.2) is 5.82 Å². The fourth-order valence-corrected chi connectivity index (χ4v) is 2.94. The maximum Gasteiger partial charge on any atom is 0.249 e. The number of hydrogen-bond donors (Lipinski definition) is 0.